The molecule has 3 rings (SSSR count). The highest BCUT2D eigenvalue weighted by molar-refractivity contribution is 6.35. The minimum Gasteiger partial charge on any atom is -0.489 e. The smallest absolute Gasteiger partial charge is 0.387 e. The van der Waals surface area contributed by atoms with E-state index in [1.54, 1.807) is 24.5 Å². The summed E-state index contributed by atoms with van der Waals surface area (Å²) < 4.78 is 35.4. The molecule has 0 bridgehead atoms. The Kier molecular flexibility index (Phi) is 5.97. The van der Waals surface area contributed by atoms with Crippen LogP contribution in [-0.4, -0.2) is 13.2 Å². The Morgan fingerprint density at radius 2 is 1.80 bits per heavy atom. The molecule has 1 aromatic heterocycles. The molecule has 0 unspecified atom stereocenters. The maximum Gasteiger partial charge on any atom is 0.387 e. The normalized spacial score (nSPS) is 14.0. The van der Waals surface area contributed by atoms with Gasteiger partial charge in [-0.2, -0.15) is 8.78 Å². The summed E-state index contributed by atoms with van der Waals surface area (Å²) in [6, 6.07) is 5.02. The van der Waals surface area contributed by atoms with Gasteiger partial charge in [0.15, 0.2) is 23.9 Å². The van der Waals surface area contributed by atoms with Crippen molar-refractivity contribution in [2.45, 2.75) is 32.3 Å². The molecule has 0 saturated heterocycles. The number of halogens is 4. The highest BCUT2D eigenvalue weighted by Gasteiger charge is 2.23. The number of hydrogen-bond donors (Lipinski definition) is 0. The zero-order chi connectivity index (χ0) is 17.8. The summed E-state index contributed by atoms with van der Waals surface area (Å²) in [5, 5.41) is 1.13. The predicted molar refractivity (Wildman–Crippen MR) is 91.7 cm³/mol. The van der Waals surface area contributed by atoms with Crippen LogP contribution in [0.4, 0.5) is 8.78 Å². The predicted octanol–water partition coefficient (Wildman–Crippen LogP) is 4.98. The van der Waals surface area contributed by atoms with Gasteiger partial charge in [0.25, 0.3) is 0 Å². The van der Waals surface area contributed by atoms with Crippen LogP contribution in [-0.2, 0) is 12.8 Å². The Morgan fingerprint density at radius 3 is 2.44 bits per heavy atom. The van der Waals surface area contributed by atoms with Crippen LogP contribution in [0.2, 0.25) is 10.0 Å². The summed E-state index contributed by atoms with van der Waals surface area (Å²) in [6.45, 7) is -2.36. The second kappa shape index (κ2) is 8.19. The number of hydrogen-bond acceptors (Lipinski definition) is 2. The zero-order valence-corrected chi connectivity index (χ0v) is 14.9. The van der Waals surface area contributed by atoms with E-state index < -0.39 is 6.61 Å². The van der Waals surface area contributed by atoms with Crippen molar-refractivity contribution in [2.75, 3.05) is 6.61 Å². The molecule has 0 atom stereocenters. The summed E-state index contributed by atoms with van der Waals surface area (Å²) in [4.78, 5) is 2.86. The van der Waals surface area contributed by atoms with Gasteiger partial charge >= 0.3 is 6.61 Å². The maximum atomic E-state index is 12.6. The van der Waals surface area contributed by atoms with Gasteiger partial charge in [0, 0.05) is 5.56 Å². The summed E-state index contributed by atoms with van der Waals surface area (Å²) >= 11 is 12.3. The monoisotopic (exact) mass is 388 g/mol. The summed E-state index contributed by atoms with van der Waals surface area (Å²) in [6.07, 6.45) is 6.86. The van der Waals surface area contributed by atoms with Crippen molar-refractivity contribution >= 4 is 23.2 Å². The van der Waals surface area contributed by atoms with Crippen LogP contribution in [0, 0.1) is 5.92 Å². The molecule has 2 aromatic rings. The van der Waals surface area contributed by atoms with Crippen molar-refractivity contribution in [3.63, 3.8) is 0 Å². The lowest BCUT2D eigenvalue weighted by Crippen LogP contribution is -2.07. The van der Waals surface area contributed by atoms with Crippen LogP contribution in [0.15, 0.2) is 30.6 Å². The van der Waals surface area contributed by atoms with Crippen molar-refractivity contribution in [1.82, 2.24) is 0 Å². The Hall–Kier alpha value is -1.59. The van der Waals surface area contributed by atoms with Gasteiger partial charge in [-0.15, -0.1) is 0 Å². The van der Waals surface area contributed by atoms with E-state index in [2.05, 4.69) is 9.72 Å². The van der Waals surface area contributed by atoms with E-state index in [0.717, 1.165) is 24.0 Å². The fourth-order valence-electron chi connectivity index (χ4n) is 2.49. The topological polar surface area (TPSA) is 32.6 Å². The first-order valence-electron chi connectivity index (χ1n) is 8.07. The number of aromatic nitrogens is 1. The molecule has 3 nitrogen and oxygen atoms in total. The third-order valence-electron chi connectivity index (χ3n) is 4.06. The Morgan fingerprint density at radius 1 is 1.08 bits per heavy atom. The average molecular weight is 389 g/mol. The van der Waals surface area contributed by atoms with Crippen molar-refractivity contribution in [2.24, 2.45) is 5.92 Å². The first-order chi connectivity index (χ1) is 12.0. The molecule has 134 valence electrons. The average Bonchev–Trinajstić information content (AvgIpc) is 3.38. The Labute approximate surface area is 154 Å². The highest BCUT2D eigenvalue weighted by Crippen LogP contribution is 2.34. The molecule has 1 aliphatic carbocycles. The van der Waals surface area contributed by atoms with Crippen molar-refractivity contribution in [1.29, 1.82) is 0 Å². The molecule has 0 radical (unpaired) electrons. The van der Waals surface area contributed by atoms with Crippen LogP contribution in [0.25, 0.3) is 0 Å². The quantitative estimate of drug-likeness (QED) is 0.638. The third kappa shape index (κ3) is 5.19. The number of aromatic amines is 1. The van der Waals surface area contributed by atoms with E-state index in [1.165, 1.54) is 6.07 Å². The molecule has 1 aliphatic rings. The largest absolute Gasteiger partial charge is 0.489 e. The van der Waals surface area contributed by atoms with E-state index in [9.17, 15) is 8.78 Å². The Balaban J connectivity index is 1.73. The number of H-pyrrole nitrogens is 1. The fraction of sp³-hybridized carbons (Fsp3) is 0.389. The maximum absolute atomic E-state index is 12.6. The molecule has 1 saturated carbocycles. The van der Waals surface area contributed by atoms with Gasteiger partial charge in [0.1, 0.15) is 10.0 Å². The molecular weight excluding hydrogens is 371 g/mol. The second-order valence-electron chi connectivity index (χ2n) is 6.04. The minimum atomic E-state index is -2.88. The molecule has 0 spiro atoms. The molecule has 25 heavy (non-hydrogen) atoms. The van der Waals surface area contributed by atoms with Crippen LogP contribution in [0.5, 0.6) is 11.5 Å². The number of aryl methyl sites for hydroxylation is 1. The van der Waals surface area contributed by atoms with E-state index in [0.29, 0.717) is 41.2 Å². The molecule has 0 amide bonds. The van der Waals surface area contributed by atoms with Gasteiger partial charge in [-0.3, -0.25) is 0 Å². The number of rotatable bonds is 8. The molecule has 1 N–H and O–H groups in total. The van der Waals surface area contributed by atoms with Crippen molar-refractivity contribution < 1.29 is 23.2 Å². The fourth-order valence-corrected chi connectivity index (χ4v) is 3.06. The van der Waals surface area contributed by atoms with Crippen molar-refractivity contribution in [3.8, 4) is 11.5 Å². The lowest BCUT2D eigenvalue weighted by atomic mass is 10.0. The number of alkyl halides is 2. The van der Waals surface area contributed by atoms with Crippen molar-refractivity contribution in [3.05, 3.63) is 51.8 Å². The first kappa shape index (κ1) is 18.2. The number of benzene rings is 1. The van der Waals surface area contributed by atoms with Crippen LogP contribution < -0.4 is 14.5 Å². The first-order valence-corrected chi connectivity index (χ1v) is 8.83. The molecule has 1 aromatic carbocycles. The van der Waals surface area contributed by atoms with Crippen LogP contribution in [0.3, 0.4) is 0 Å². The summed E-state index contributed by atoms with van der Waals surface area (Å²) in [5.74, 6) is 0.925. The van der Waals surface area contributed by atoms with E-state index >= 15 is 0 Å². The number of nitrogens with one attached hydrogen (secondary N) is 1. The van der Waals surface area contributed by atoms with E-state index in [-0.39, 0.29) is 5.75 Å². The number of ether oxygens (including phenoxy) is 2. The van der Waals surface area contributed by atoms with Crippen LogP contribution in [0.1, 0.15) is 24.0 Å². The summed E-state index contributed by atoms with van der Waals surface area (Å²) in [5.41, 5.74) is 1.78. The van der Waals surface area contributed by atoms with E-state index in [4.69, 9.17) is 27.9 Å². The molecular formula is C18H18Cl2F2NO2+. The second-order valence-corrected chi connectivity index (χ2v) is 6.86. The minimum absolute atomic E-state index is 0.0600. The van der Waals surface area contributed by atoms with Gasteiger partial charge < -0.3 is 9.47 Å². The highest BCUT2D eigenvalue weighted by atomic mass is 35.5. The van der Waals surface area contributed by atoms with E-state index in [1.807, 2.05) is 0 Å². The molecule has 1 heterocycles. The van der Waals surface area contributed by atoms with Gasteiger partial charge in [-0.1, -0.05) is 29.3 Å². The Bertz CT molecular complexity index is 719. The third-order valence-corrected chi connectivity index (χ3v) is 4.73. The van der Waals surface area contributed by atoms with Crippen LogP contribution >= 0.6 is 23.2 Å². The van der Waals surface area contributed by atoms with Gasteiger partial charge in [-0.25, -0.2) is 4.98 Å². The lowest BCUT2D eigenvalue weighted by Gasteiger charge is -2.14. The number of pyridine rings is 1. The molecule has 0 aliphatic heterocycles. The van der Waals surface area contributed by atoms with Gasteiger partial charge in [0.05, 0.1) is 6.61 Å². The molecule has 7 heteroatoms. The standard InChI is InChI=1S/C18H17Cl2F2NO2/c19-14-8-23-9-15(20)13(14)5-3-11-4-6-16(25-18(21)22)17(7-11)24-10-12-1-2-12/h4,6-9,12,18H,1-3,5,10H2/p+1. The summed E-state index contributed by atoms with van der Waals surface area (Å²) in [7, 11) is 0. The SMILES string of the molecule is FC(F)Oc1ccc(CCc2c(Cl)c[nH+]cc2Cl)cc1OCC1CC1. The molecule has 1 fully saturated rings. The van der Waals surface area contributed by atoms with Gasteiger partial charge in [0.2, 0.25) is 0 Å². The zero-order valence-electron chi connectivity index (χ0n) is 13.4. The lowest BCUT2D eigenvalue weighted by molar-refractivity contribution is -0.377. The van der Waals surface area contributed by atoms with Gasteiger partial charge in [-0.05, 0) is 49.3 Å².